The van der Waals surface area contributed by atoms with Crippen LogP contribution in [0.4, 0.5) is 5.69 Å². The van der Waals surface area contributed by atoms with E-state index in [1.165, 1.54) is 11.8 Å². The van der Waals surface area contributed by atoms with Gasteiger partial charge in [0.15, 0.2) is 17.6 Å². The highest BCUT2D eigenvalue weighted by molar-refractivity contribution is 7.99. The average Bonchev–Trinajstić information content (AvgIpc) is 3.10. The number of aryl methyl sites for hydroxylation is 2. The van der Waals surface area contributed by atoms with Crippen LogP contribution in [0.15, 0.2) is 53.7 Å². The Labute approximate surface area is 185 Å². The van der Waals surface area contributed by atoms with Crippen molar-refractivity contribution < 1.29 is 14.3 Å². The number of benzene rings is 2. The lowest BCUT2D eigenvalue weighted by Crippen LogP contribution is -2.29. The molecule has 9 heteroatoms. The van der Waals surface area contributed by atoms with Crippen LogP contribution < -0.4 is 15.4 Å². The number of aromatic nitrogens is 3. The number of nitrogens with zero attached hydrogens (tertiary/aromatic N) is 3. The number of nitrogens with one attached hydrogen (secondary N) is 2. The van der Waals surface area contributed by atoms with Crippen LogP contribution in [0.3, 0.4) is 0 Å². The van der Waals surface area contributed by atoms with Gasteiger partial charge in [-0.3, -0.25) is 9.59 Å². The minimum atomic E-state index is -0.248. The Morgan fingerprint density at radius 1 is 1.00 bits per heavy atom. The van der Waals surface area contributed by atoms with E-state index in [-0.39, 0.29) is 30.7 Å². The number of anilines is 1. The third kappa shape index (κ3) is 6.32. The monoisotopic (exact) mass is 439 g/mol. The molecule has 2 amide bonds. The molecular formula is C22H25N5O3S. The molecule has 3 aromatic rings. The van der Waals surface area contributed by atoms with Gasteiger partial charge in [0.25, 0.3) is 5.91 Å². The third-order valence-corrected chi connectivity index (χ3v) is 5.54. The largest absolute Gasteiger partial charge is 0.483 e. The zero-order valence-electron chi connectivity index (χ0n) is 17.7. The zero-order valence-corrected chi connectivity index (χ0v) is 18.5. The van der Waals surface area contributed by atoms with E-state index in [1.807, 2.05) is 62.4 Å². The van der Waals surface area contributed by atoms with E-state index in [2.05, 4.69) is 20.8 Å². The van der Waals surface area contributed by atoms with Crippen molar-refractivity contribution in [1.82, 2.24) is 20.1 Å². The Hall–Kier alpha value is -3.33. The molecule has 2 aromatic carbocycles. The first-order valence-corrected chi connectivity index (χ1v) is 10.7. The van der Waals surface area contributed by atoms with E-state index in [0.717, 1.165) is 22.6 Å². The molecule has 8 nitrogen and oxygen atoms in total. The molecule has 0 saturated carbocycles. The van der Waals surface area contributed by atoms with Gasteiger partial charge in [0.2, 0.25) is 5.91 Å². The normalized spacial score (nSPS) is 10.5. The molecule has 0 aliphatic heterocycles. The lowest BCUT2D eigenvalue weighted by molar-refractivity contribution is -0.123. The van der Waals surface area contributed by atoms with E-state index >= 15 is 0 Å². The van der Waals surface area contributed by atoms with Crippen LogP contribution in [0.5, 0.6) is 5.75 Å². The molecule has 1 aromatic heterocycles. The number of ether oxygens (including phenoxy) is 1. The predicted molar refractivity (Wildman–Crippen MR) is 120 cm³/mol. The summed E-state index contributed by atoms with van der Waals surface area (Å²) in [5.41, 5.74) is 2.72. The number of rotatable bonds is 9. The predicted octanol–water partition coefficient (Wildman–Crippen LogP) is 2.86. The van der Waals surface area contributed by atoms with Gasteiger partial charge >= 0.3 is 0 Å². The van der Waals surface area contributed by atoms with Gasteiger partial charge in [-0.2, -0.15) is 0 Å². The van der Waals surface area contributed by atoms with Gasteiger partial charge in [-0.15, -0.1) is 10.2 Å². The number of carbonyl (C=O) groups excluding carboxylic acids is 2. The molecule has 0 fully saturated rings. The van der Waals surface area contributed by atoms with E-state index in [0.29, 0.717) is 11.0 Å². The van der Waals surface area contributed by atoms with Crippen molar-refractivity contribution in [3.8, 4) is 5.75 Å². The molecule has 0 saturated heterocycles. The van der Waals surface area contributed by atoms with Gasteiger partial charge in [-0.1, -0.05) is 48.2 Å². The second kappa shape index (κ2) is 10.6. The summed E-state index contributed by atoms with van der Waals surface area (Å²) in [6.45, 7) is 4.03. The second-order valence-corrected chi connectivity index (χ2v) is 7.89. The summed E-state index contributed by atoms with van der Waals surface area (Å²) in [6.07, 6.45) is 0. The number of carbonyl (C=O) groups is 2. The number of hydrogen-bond donors (Lipinski definition) is 2. The summed E-state index contributed by atoms with van der Waals surface area (Å²) < 4.78 is 7.42. The van der Waals surface area contributed by atoms with Crippen molar-refractivity contribution in [3.05, 3.63) is 65.5 Å². The van der Waals surface area contributed by atoms with Crippen LogP contribution in [-0.2, 0) is 23.2 Å². The maximum atomic E-state index is 12.2. The van der Waals surface area contributed by atoms with Gasteiger partial charge in [0.05, 0.1) is 12.3 Å². The van der Waals surface area contributed by atoms with Crippen molar-refractivity contribution in [3.63, 3.8) is 0 Å². The van der Waals surface area contributed by atoms with E-state index < -0.39 is 0 Å². The van der Waals surface area contributed by atoms with Gasteiger partial charge in [0, 0.05) is 12.7 Å². The molecule has 0 aliphatic carbocycles. The Morgan fingerprint density at radius 2 is 1.71 bits per heavy atom. The SMILES string of the molecule is Cc1cccc(C)c1OCC(=O)NCc1nnc(SCC(=O)Nc2ccccc2)n1C. The first-order valence-electron chi connectivity index (χ1n) is 9.75. The zero-order chi connectivity index (χ0) is 22.2. The first-order chi connectivity index (χ1) is 14.9. The van der Waals surface area contributed by atoms with Crippen LogP contribution in [0, 0.1) is 13.8 Å². The van der Waals surface area contributed by atoms with Crippen LogP contribution in [0.25, 0.3) is 0 Å². The number of thioether (sulfide) groups is 1. The molecule has 3 rings (SSSR count). The summed E-state index contributed by atoms with van der Waals surface area (Å²) >= 11 is 1.28. The van der Waals surface area contributed by atoms with Crippen LogP contribution >= 0.6 is 11.8 Å². The van der Waals surface area contributed by atoms with Gasteiger partial charge in [-0.25, -0.2) is 0 Å². The molecule has 0 radical (unpaired) electrons. The smallest absolute Gasteiger partial charge is 0.258 e. The highest BCUT2D eigenvalue weighted by atomic mass is 32.2. The van der Waals surface area contributed by atoms with Crippen molar-refractivity contribution in [1.29, 1.82) is 0 Å². The lowest BCUT2D eigenvalue weighted by atomic mass is 10.1. The molecule has 2 N–H and O–H groups in total. The van der Waals surface area contributed by atoms with Gasteiger partial charge in [0.1, 0.15) is 5.75 Å². The highest BCUT2D eigenvalue weighted by Gasteiger charge is 2.13. The first kappa shape index (κ1) is 22.4. The molecule has 0 atom stereocenters. The molecule has 0 aliphatic rings. The van der Waals surface area contributed by atoms with Crippen molar-refractivity contribution in [2.75, 3.05) is 17.7 Å². The molecule has 0 unspecified atom stereocenters. The molecule has 0 bridgehead atoms. The van der Waals surface area contributed by atoms with Crippen molar-refractivity contribution >= 4 is 29.3 Å². The summed E-state index contributed by atoms with van der Waals surface area (Å²) in [5, 5.41) is 14.4. The highest BCUT2D eigenvalue weighted by Crippen LogP contribution is 2.22. The Kier molecular flexibility index (Phi) is 7.66. The fraction of sp³-hybridized carbons (Fsp3) is 0.273. The number of amides is 2. The summed E-state index contributed by atoms with van der Waals surface area (Å²) in [5.74, 6) is 1.14. The fourth-order valence-corrected chi connectivity index (χ4v) is 3.60. The quantitative estimate of drug-likeness (QED) is 0.498. The van der Waals surface area contributed by atoms with E-state index in [9.17, 15) is 9.59 Å². The molecule has 0 spiro atoms. The minimum absolute atomic E-state index is 0.0786. The number of para-hydroxylation sites is 2. The fourth-order valence-electron chi connectivity index (χ4n) is 2.87. The van der Waals surface area contributed by atoms with Crippen LogP contribution in [-0.4, -0.2) is 38.9 Å². The maximum Gasteiger partial charge on any atom is 0.258 e. The molecular weight excluding hydrogens is 414 g/mol. The topological polar surface area (TPSA) is 98.1 Å². The second-order valence-electron chi connectivity index (χ2n) is 6.95. The summed E-state index contributed by atoms with van der Waals surface area (Å²) in [6, 6.07) is 15.1. The third-order valence-electron chi connectivity index (χ3n) is 4.52. The van der Waals surface area contributed by atoms with Crippen LogP contribution in [0.2, 0.25) is 0 Å². The summed E-state index contributed by atoms with van der Waals surface area (Å²) in [7, 11) is 1.80. The number of hydrogen-bond acceptors (Lipinski definition) is 6. The molecule has 1 heterocycles. The lowest BCUT2D eigenvalue weighted by Gasteiger charge is -2.12. The Bertz CT molecular complexity index is 1030. The molecule has 162 valence electrons. The average molecular weight is 440 g/mol. The molecule has 31 heavy (non-hydrogen) atoms. The standard InChI is InChI=1S/C22H25N5O3S/c1-15-8-7-9-16(2)21(15)30-13-19(28)23-12-18-25-26-22(27(18)3)31-14-20(29)24-17-10-5-4-6-11-17/h4-11H,12-14H2,1-3H3,(H,23,28)(H,24,29). The minimum Gasteiger partial charge on any atom is -0.483 e. The Balaban J connectivity index is 1.45. The van der Waals surface area contributed by atoms with Crippen molar-refractivity contribution in [2.24, 2.45) is 7.05 Å². The van der Waals surface area contributed by atoms with Crippen LogP contribution in [0.1, 0.15) is 17.0 Å². The van der Waals surface area contributed by atoms with E-state index in [1.54, 1.807) is 11.6 Å². The van der Waals surface area contributed by atoms with Gasteiger partial charge in [-0.05, 0) is 37.1 Å². The summed E-state index contributed by atoms with van der Waals surface area (Å²) in [4.78, 5) is 24.3. The van der Waals surface area contributed by atoms with Crippen molar-refractivity contribution in [2.45, 2.75) is 25.5 Å². The van der Waals surface area contributed by atoms with E-state index in [4.69, 9.17) is 4.74 Å². The van der Waals surface area contributed by atoms with Gasteiger partial charge < -0.3 is 19.9 Å². The Morgan fingerprint density at radius 3 is 2.42 bits per heavy atom. The maximum absolute atomic E-state index is 12.2.